The van der Waals surface area contributed by atoms with Crippen LogP contribution < -0.4 is 0 Å². The fourth-order valence-electron chi connectivity index (χ4n) is 8.23. The van der Waals surface area contributed by atoms with Crippen LogP contribution in [0.4, 0.5) is 0 Å². The van der Waals surface area contributed by atoms with E-state index in [9.17, 15) is 0 Å². The first-order chi connectivity index (χ1) is 22.8. The number of fused-ring (bicyclic) bond motifs is 12. The molecule has 11 rings (SSSR count). The number of hydrogen-bond donors (Lipinski definition) is 0. The van der Waals surface area contributed by atoms with Crippen molar-refractivity contribution in [3.05, 3.63) is 152 Å². The SMILES string of the molecule is c1ccc2c(c1)-c1cccc3c(-c4ccc(-n5c6ccccc6c6c7ccc8sc9ccccc9c8c7ccc65)cc4)ccc-2c13. The van der Waals surface area contributed by atoms with Gasteiger partial charge in [-0.1, -0.05) is 115 Å². The minimum Gasteiger partial charge on any atom is -0.309 e. The van der Waals surface area contributed by atoms with Crippen LogP contribution in [0, 0.1) is 0 Å². The van der Waals surface area contributed by atoms with Crippen LogP contribution in [-0.4, -0.2) is 4.57 Å². The van der Waals surface area contributed by atoms with Crippen molar-refractivity contribution in [3.8, 4) is 39.1 Å². The van der Waals surface area contributed by atoms with Gasteiger partial charge in [-0.15, -0.1) is 11.3 Å². The Kier molecular flexibility index (Phi) is 4.78. The molecule has 0 atom stereocenters. The molecule has 46 heavy (non-hydrogen) atoms. The molecule has 0 radical (unpaired) electrons. The van der Waals surface area contributed by atoms with E-state index in [-0.39, 0.29) is 0 Å². The molecule has 0 saturated heterocycles. The number of hydrogen-bond acceptors (Lipinski definition) is 1. The van der Waals surface area contributed by atoms with Gasteiger partial charge in [-0.3, -0.25) is 0 Å². The average molecular weight is 600 g/mol. The van der Waals surface area contributed by atoms with E-state index >= 15 is 0 Å². The lowest BCUT2D eigenvalue weighted by Gasteiger charge is -2.12. The first-order valence-corrected chi connectivity index (χ1v) is 16.7. The highest BCUT2D eigenvalue weighted by Gasteiger charge is 2.22. The molecule has 2 aromatic heterocycles. The predicted molar refractivity (Wildman–Crippen MR) is 199 cm³/mol. The van der Waals surface area contributed by atoms with Crippen molar-refractivity contribution in [2.45, 2.75) is 0 Å². The lowest BCUT2D eigenvalue weighted by Crippen LogP contribution is -1.94. The molecule has 1 nitrogen and oxygen atoms in total. The van der Waals surface area contributed by atoms with Gasteiger partial charge in [0.2, 0.25) is 0 Å². The lowest BCUT2D eigenvalue weighted by molar-refractivity contribution is 1.18. The second-order valence-corrected chi connectivity index (χ2v) is 13.5. The molecule has 212 valence electrons. The van der Waals surface area contributed by atoms with Crippen molar-refractivity contribution >= 4 is 74.9 Å². The van der Waals surface area contributed by atoms with Crippen LogP contribution in [0.1, 0.15) is 0 Å². The summed E-state index contributed by atoms with van der Waals surface area (Å²) in [5.74, 6) is 0. The largest absolute Gasteiger partial charge is 0.309 e. The van der Waals surface area contributed by atoms with Crippen molar-refractivity contribution in [2.75, 3.05) is 0 Å². The Bertz CT molecular complexity index is 2870. The van der Waals surface area contributed by atoms with Gasteiger partial charge in [-0.25, -0.2) is 0 Å². The van der Waals surface area contributed by atoms with Gasteiger partial charge < -0.3 is 4.57 Å². The molecule has 8 aromatic carbocycles. The number of rotatable bonds is 2. The van der Waals surface area contributed by atoms with Gasteiger partial charge in [0.15, 0.2) is 0 Å². The number of thiophene rings is 1. The first kappa shape index (κ1) is 24.6. The van der Waals surface area contributed by atoms with Crippen LogP contribution in [0.3, 0.4) is 0 Å². The maximum atomic E-state index is 2.44. The summed E-state index contributed by atoms with van der Waals surface area (Å²) in [4.78, 5) is 0. The van der Waals surface area contributed by atoms with Crippen molar-refractivity contribution in [2.24, 2.45) is 0 Å². The Morgan fingerprint density at radius 2 is 0.978 bits per heavy atom. The standard InChI is InChI=1S/C44H25NS/c1-2-9-30-29(8-1)32-13-7-12-31-28(20-21-33(30)42(31)32)26-16-18-27(19-17-26)45-38-14-5-3-10-36(38)43-34-23-25-41-44(35(34)22-24-39(43)45)37-11-4-6-15-40(37)46-41/h1-25H. The third kappa shape index (κ3) is 3.14. The van der Waals surface area contributed by atoms with Gasteiger partial charge >= 0.3 is 0 Å². The Morgan fingerprint density at radius 1 is 0.326 bits per heavy atom. The molecule has 0 fully saturated rings. The van der Waals surface area contributed by atoms with Crippen LogP contribution in [0.2, 0.25) is 0 Å². The number of nitrogens with zero attached hydrogens (tertiary/aromatic N) is 1. The minimum atomic E-state index is 1.18. The van der Waals surface area contributed by atoms with Crippen molar-refractivity contribution < 1.29 is 0 Å². The maximum absolute atomic E-state index is 2.44. The molecule has 1 aliphatic rings. The molecule has 0 aliphatic heterocycles. The second kappa shape index (κ2) is 8.94. The monoisotopic (exact) mass is 599 g/mol. The maximum Gasteiger partial charge on any atom is 0.0547 e. The zero-order valence-corrected chi connectivity index (χ0v) is 25.6. The fourth-order valence-corrected chi connectivity index (χ4v) is 9.35. The van der Waals surface area contributed by atoms with E-state index in [1.54, 1.807) is 0 Å². The third-order valence-corrected chi connectivity index (χ3v) is 11.3. The molecular weight excluding hydrogens is 575 g/mol. The molecule has 0 spiro atoms. The van der Waals surface area contributed by atoms with E-state index in [4.69, 9.17) is 0 Å². The summed E-state index contributed by atoms with van der Waals surface area (Å²) < 4.78 is 5.13. The lowest BCUT2D eigenvalue weighted by atomic mass is 9.94. The Hall–Kier alpha value is -5.70. The Morgan fingerprint density at radius 3 is 1.85 bits per heavy atom. The molecule has 1 aliphatic carbocycles. The van der Waals surface area contributed by atoms with Crippen LogP contribution >= 0.6 is 11.3 Å². The van der Waals surface area contributed by atoms with Gasteiger partial charge in [-0.2, -0.15) is 0 Å². The predicted octanol–water partition coefficient (Wildman–Crippen LogP) is 12.8. The molecule has 0 amide bonds. The Labute approximate surface area is 269 Å². The molecule has 0 saturated carbocycles. The molecule has 2 heteroatoms. The fraction of sp³-hybridized carbons (Fsp3) is 0. The van der Waals surface area contributed by atoms with Gasteiger partial charge in [0.25, 0.3) is 0 Å². The highest BCUT2D eigenvalue weighted by Crippen LogP contribution is 2.49. The number of para-hydroxylation sites is 1. The summed E-state index contributed by atoms with van der Waals surface area (Å²) in [6.07, 6.45) is 0. The van der Waals surface area contributed by atoms with Crippen LogP contribution in [0.25, 0.3) is 103 Å². The van der Waals surface area contributed by atoms with E-state index in [0.717, 1.165) is 0 Å². The summed E-state index contributed by atoms with van der Waals surface area (Å²) >= 11 is 1.88. The van der Waals surface area contributed by atoms with Crippen molar-refractivity contribution in [1.29, 1.82) is 0 Å². The number of aromatic nitrogens is 1. The third-order valence-electron chi connectivity index (χ3n) is 10.2. The van der Waals surface area contributed by atoms with E-state index in [2.05, 4.69) is 156 Å². The molecule has 0 N–H and O–H groups in total. The molecule has 0 unspecified atom stereocenters. The average Bonchev–Trinajstić information content (AvgIpc) is 3.78. The Balaban J connectivity index is 1.11. The highest BCUT2D eigenvalue weighted by molar-refractivity contribution is 7.26. The van der Waals surface area contributed by atoms with Crippen LogP contribution in [0.15, 0.2) is 152 Å². The number of benzene rings is 8. The quantitative estimate of drug-likeness (QED) is 0.186. The topological polar surface area (TPSA) is 4.93 Å². The van der Waals surface area contributed by atoms with Crippen molar-refractivity contribution in [3.63, 3.8) is 0 Å². The van der Waals surface area contributed by atoms with E-state index in [1.807, 2.05) is 11.3 Å². The molecule has 0 bridgehead atoms. The van der Waals surface area contributed by atoms with Gasteiger partial charge in [0, 0.05) is 36.6 Å². The normalized spacial score (nSPS) is 12.3. The smallest absolute Gasteiger partial charge is 0.0547 e. The van der Waals surface area contributed by atoms with E-state index < -0.39 is 0 Å². The first-order valence-electron chi connectivity index (χ1n) is 15.9. The summed E-state index contributed by atoms with van der Waals surface area (Å²) in [5, 5.41) is 10.7. The van der Waals surface area contributed by atoms with Gasteiger partial charge in [0.05, 0.1) is 11.0 Å². The van der Waals surface area contributed by atoms with Gasteiger partial charge in [-0.05, 0) is 91.3 Å². The summed E-state index contributed by atoms with van der Waals surface area (Å²) in [6.45, 7) is 0. The van der Waals surface area contributed by atoms with E-state index in [1.165, 1.54) is 103 Å². The summed E-state index contributed by atoms with van der Waals surface area (Å²) in [5.41, 5.74) is 11.5. The molecule has 10 aromatic rings. The summed E-state index contributed by atoms with van der Waals surface area (Å²) in [6, 6.07) is 56.3. The summed E-state index contributed by atoms with van der Waals surface area (Å²) in [7, 11) is 0. The zero-order valence-electron chi connectivity index (χ0n) is 24.8. The van der Waals surface area contributed by atoms with Gasteiger partial charge in [0.1, 0.15) is 0 Å². The van der Waals surface area contributed by atoms with E-state index in [0.29, 0.717) is 0 Å². The van der Waals surface area contributed by atoms with Crippen LogP contribution in [0.5, 0.6) is 0 Å². The molecular formula is C44H25NS. The van der Waals surface area contributed by atoms with Crippen molar-refractivity contribution in [1.82, 2.24) is 4.57 Å². The second-order valence-electron chi connectivity index (χ2n) is 12.4. The zero-order chi connectivity index (χ0) is 29.9. The van der Waals surface area contributed by atoms with Crippen LogP contribution in [-0.2, 0) is 0 Å². The highest BCUT2D eigenvalue weighted by atomic mass is 32.1. The molecule has 2 heterocycles. The minimum absolute atomic E-state index is 1.18.